The maximum Gasteiger partial charge on any atom is 0.346 e. The molecule has 0 amide bonds. The SMILES string of the molecule is CC(C)OC(=O)C(C(=O)OC(C)C)=C1C(=O)OC/C1=C\c1ccccc1. The van der Waals surface area contributed by atoms with E-state index in [0.717, 1.165) is 5.56 Å². The Morgan fingerprint density at radius 3 is 2.04 bits per heavy atom. The molecule has 1 heterocycles. The number of cyclic esters (lactones) is 1. The van der Waals surface area contributed by atoms with Crippen LogP contribution in [0.1, 0.15) is 33.3 Å². The van der Waals surface area contributed by atoms with E-state index < -0.39 is 35.7 Å². The van der Waals surface area contributed by atoms with Crippen LogP contribution in [0.2, 0.25) is 0 Å². The summed E-state index contributed by atoms with van der Waals surface area (Å²) in [5, 5.41) is 0. The van der Waals surface area contributed by atoms with Gasteiger partial charge in [-0.25, -0.2) is 14.4 Å². The van der Waals surface area contributed by atoms with Crippen LogP contribution in [0.3, 0.4) is 0 Å². The molecule has 1 saturated heterocycles. The average Bonchev–Trinajstić information content (AvgIpc) is 2.88. The Kier molecular flexibility index (Phi) is 6.33. The molecular formula is C20H22O6. The van der Waals surface area contributed by atoms with Gasteiger partial charge in [-0.15, -0.1) is 0 Å². The minimum Gasteiger partial charge on any atom is -0.459 e. The Morgan fingerprint density at radius 2 is 1.54 bits per heavy atom. The zero-order valence-electron chi connectivity index (χ0n) is 15.3. The summed E-state index contributed by atoms with van der Waals surface area (Å²) >= 11 is 0. The van der Waals surface area contributed by atoms with Crippen LogP contribution >= 0.6 is 0 Å². The van der Waals surface area contributed by atoms with Crippen molar-refractivity contribution >= 4 is 24.0 Å². The quantitative estimate of drug-likeness (QED) is 0.265. The molecule has 1 fully saturated rings. The maximum absolute atomic E-state index is 12.5. The van der Waals surface area contributed by atoms with Crippen LogP contribution in [-0.4, -0.2) is 36.7 Å². The number of benzene rings is 1. The third-order valence-electron chi connectivity index (χ3n) is 3.37. The molecular weight excluding hydrogens is 336 g/mol. The molecule has 1 aromatic carbocycles. The molecule has 6 heteroatoms. The van der Waals surface area contributed by atoms with Crippen LogP contribution < -0.4 is 0 Å². The third-order valence-corrected chi connectivity index (χ3v) is 3.37. The fraction of sp³-hybridized carbons (Fsp3) is 0.350. The second-order valence-corrected chi connectivity index (χ2v) is 6.31. The van der Waals surface area contributed by atoms with Crippen molar-refractivity contribution in [1.82, 2.24) is 0 Å². The van der Waals surface area contributed by atoms with Crippen molar-refractivity contribution < 1.29 is 28.6 Å². The van der Waals surface area contributed by atoms with Gasteiger partial charge in [0.1, 0.15) is 6.61 Å². The smallest absolute Gasteiger partial charge is 0.346 e. The van der Waals surface area contributed by atoms with Crippen LogP contribution in [-0.2, 0) is 28.6 Å². The fourth-order valence-electron chi connectivity index (χ4n) is 2.38. The standard InChI is InChI=1S/C20H22O6/c1-12(2)25-19(22)17(20(23)26-13(3)4)16-15(11-24-18(16)21)10-14-8-6-5-7-9-14/h5-10,12-13H,11H2,1-4H3/b15-10+. The molecule has 1 aliphatic heterocycles. The summed E-state index contributed by atoms with van der Waals surface area (Å²) in [5.41, 5.74) is 0.701. The highest BCUT2D eigenvalue weighted by atomic mass is 16.6. The molecule has 0 atom stereocenters. The summed E-state index contributed by atoms with van der Waals surface area (Å²) in [5.74, 6) is -2.56. The molecule has 0 N–H and O–H groups in total. The van der Waals surface area contributed by atoms with Crippen LogP contribution in [0, 0.1) is 0 Å². The number of carbonyl (C=O) groups excluding carboxylic acids is 3. The predicted octanol–water partition coefficient (Wildman–Crippen LogP) is 2.83. The Balaban J connectivity index is 2.56. The lowest BCUT2D eigenvalue weighted by Crippen LogP contribution is -2.26. The van der Waals surface area contributed by atoms with E-state index in [9.17, 15) is 14.4 Å². The minimum absolute atomic E-state index is 0.0313. The van der Waals surface area contributed by atoms with Gasteiger partial charge in [0.2, 0.25) is 0 Å². The van der Waals surface area contributed by atoms with Gasteiger partial charge in [-0.2, -0.15) is 0 Å². The maximum atomic E-state index is 12.5. The lowest BCUT2D eigenvalue weighted by molar-refractivity contribution is -0.151. The first-order chi connectivity index (χ1) is 12.3. The summed E-state index contributed by atoms with van der Waals surface area (Å²) in [4.78, 5) is 37.2. The van der Waals surface area contributed by atoms with Crippen LogP contribution in [0.25, 0.3) is 6.08 Å². The van der Waals surface area contributed by atoms with E-state index in [2.05, 4.69) is 0 Å². The summed E-state index contributed by atoms with van der Waals surface area (Å²) in [6.45, 7) is 6.59. The molecule has 0 spiro atoms. The van der Waals surface area contributed by atoms with E-state index in [4.69, 9.17) is 14.2 Å². The number of carbonyl (C=O) groups is 3. The van der Waals surface area contributed by atoms with E-state index >= 15 is 0 Å². The molecule has 26 heavy (non-hydrogen) atoms. The number of rotatable bonds is 5. The molecule has 0 aliphatic carbocycles. The van der Waals surface area contributed by atoms with E-state index in [1.807, 2.05) is 30.3 Å². The van der Waals surface area contributed by atoms with E-state index in [1.165, 1.54) is 0 Å². The zero-order chi connectivity index (χ0) is 19.3. The van der Waals surface area contributed by atoms with E-state index in [-0.39, 0.29) is 12.2 Å². The van der Waals surface area contributed by atoms with Crippen molar-refractivity contribution in [1.29, 1.82) is 0 Å². The van der Waals surface area contributed by atoms with Crippen LogP contribution in [0.5, 0.6) is 0 Å². The van der Waals surface area contributed by atoms with Gasteiger partial charge in [-0.05, 0) is 39.3 Å². The molecule has 138 valence electrons. The van der Waals surface area contributed by atoms with Crippen LogP contribution in [0.15, 0.2) is 47.1 Å². The third kappa shape index (κ3) is 4.81. The zero-order valence-corrected chi connectivity index (χ0v) is 15.3. The molecule has 0 bridgehead atoms. The van der Waals surface area contributed by atoms with Gasteiger partial charge in [-0.1, -0.05) is 30.3 Å². The van der Waals surface area contributed by atoms with Crippen molar-refractivity contribution in [3.05, 3.63) is 52.6 Å². The summed E-state index contributed by atoms with van der Waals surface area (Å²) in [6.07, 6.45) is 0.791. The highest BCUT2D eigenvalue weighted by Gasteiger charge is 2.37. The topological polar surface area (TPSA) is 78.9 Å². The monoisotopic (exact) mass is 358 g/mol. The normalized spacial score (nSPS) is 15.4. The van der Waals surface area contributed by atoms with Gasteiger partial charge in [0.25, 0.3) is 0 Å². The number of esters is 3. The minimum atomic E-state index is -0.904. The second-order valence-electron chi connectivity index (χ2n) is 6.31. The largest absolute Gasteiger partial charge is 0.459 e. The Labute approximate surface area is 152 Å². The number of ether oxygens (including phenoxy) is 3. The molecule has 1 aliphatic rings. The second kappa shape index (κ2) is 8.47. The highest BCUT2D eigenvalue weighted by Crippen LogP contribution is 2.28. The predicted molar refractivity (Wildman–Crippen MR) is 94.9 cm³/mol. The Bertz CT molecular complexity index is 732. The molecule has 6 nitrogen and oxygen atoms in total. The van der Waals surface area contributed by atoms with Gasteiger partial charge >= 0.3 is 17.9 Å². The van der Waals surface area contributed by atoms with Gasteiger partial charge in [0.15, 0.2) is 5.57 Å². The van der Waals surface area contributed by atoms with Crippen molar-refractivity contribution in [3.63, 3.8) is 0 Å². The van der Waals surface area contributed by atoms with Crippen molar-refractivity contribution in [2.45, 2.75) is 39.9 Å². The van der Waals surface area contributed by atoms with E-state index in [1.54, 1.807) is 33.8 Å². The highest BCUT2D eigenvalue weighted by molar-refractivity contribution is 6.21. The Morgan fingerprint density at radius 1 is 1.00 bits per heavy atom. The lowest BCUT2D eigenvalue weighted by atomic mass is 9.99. The van der Waals surface area contributed by atoms with Gasteiger partial charge in [-0.3, -0.25) is 0 Å². The summed E-state index contributed by atoms with van der Waals surface area (Å²) in [7, 11) is 0. The lowest BCUT2D eigenvalue weighted by Gasteiger charge is -2.14. The average molecular weight is 358 g/mol. The Hall–Kier alpha value is -2.89. The fourth-order valence-corrected chi connectivity index (χ4v) is 2.38. The first-order valence-corrected chi connectivity index (χ1v) is 8.39. The molecule has 0 aromatic heterocycles. The molecule has 0 saturated carbocycles. The van der Waals surface area contributed by atoms with Crippen LogP contribution in [0.4, 0.5) is 0 Å². The first-order valence-electron chi connectivity index (χ1n) is 8.39. The summed E-state index contributed by atoms with van der Waals surface area (Å²) < 4.78 is 15.3. The molecule has 1 aromatic rings. The first kappa shape index (κ1) is 19.4. The number of hydrogen-bond donors (Lipinski definition) is 0. The molecule has 0 radical (unpaired) electrons. The van der Waals surface area contributed by atoms with Gasteiger partial charge in [0.05, 0.1) is 17.8 Å². The molecule has 2 rings (SSSR count). The number of hydrogen-bond acceptors (Lipinski definition) is 6. The van der Waals surface area contributed by atoms with E-state index in [0.29, 0.717) is 5.57 Å². The van der Waals surface area contributed by atoms with Crippen molar-refractivity contribution in [2.24, 2.45) is 0 Å². The van der Waals surface area contributed by atoms with Gasteiger partial charge in [0, 0.05) is 5.57 Å². The van der Waals surface area contributed by atoms with Crippen molar-refractivity contribution in [3.8, 4) is 0 Å². The molecule has 0 unspecified atom stereocenters. The van der Waals surface area contributed by atoms with Gasteiger partial charge < -0.3 is 14.2 Å². The summed E-state index contributed by atoms with van der Waals surface area (Å²) in [6, 6.07) is 9.22. The van der Waals surface area contributed by atoms with Crippen molar-refractivity contribution in [2.75, 3.05) is 6.61 Å².